The number of benzene rings is 6. The minimum atomic E-state index is -0.242. The summed E-state index contributed by atoms with van der Waals surface area (Å²) >= 11 is 0. The van der Waals surface area contributed by atoms with Crippen molar-refractivity contribution < 1.29 is 0 Å². The molecule has 3 heterocycles. The predicted molar refractivity (Wildman–Crippen MR) is 298 cm³/mol. The molecular weight excluding hydrogens is 832 g/mol. The topological polar surface area (TPSA) is 6.48 Å². The molecule has 69 heavy (non-hydrogen) atoms. The lowest BCUT2D eigenvalue weighted by Gasteiger charge is -2.53. The van der Waals surface area contributed by atoms with Gasteiger partial charge in [0.1, 0.15) is 0 Å². The van der Waals surface area contributed by atoms with Crippen LogP contribution in [0.25, 0.3) is 33.4 Å². The molecule has 3 aliphatic heterocycles. The first-order chi connectivity index (χ1) is 32.2. The van der Waals surface area contributed by atoms with E-state index in [9.17, 15) is 0 Å². The molecule has 3 aliphatic carbocycles. The highest BCUT2D eigenvalue weighted by Gasteiger charge is 2.62. The Balaban J connectivity index is 1.26. The van der Waals surface area contributed by atoms with Crippen molar-refractivity contribution in [3.05, 3.63) is 141 Å². The Morgan fingerprint density at radius 2 is 1.14 bits per heavy atom. The average molecular weight is 909 g/mol. The van der Waals surface area contributed by atoms with Crippen molar-refractivity contribution in [2.24, 2.45) is 0 Å². The predicted octanol–water partition coefficient (Wildman–Crippen LogP) is 16.5. The third kappa shape index (κ3) is 5.86. The van der Waals surface area contributed by atoms with E-state index in [-0.39, 0.29) is 44.9 Å². The van der Waals surface area contributed by atoms with Crippen LogP contribution in [0, 0.1) is 20.8 Å². The second kappa shape index (κ2) is 13.9. The molecule has 6 aliphatic rings. The Labute approximate surface area is 416 Å². The summed E-state index contributed by atoms with van der Waals surface area (Å²) in [5, 5.41) is 0. The third-order valence-electron chi connectivity index (χ3n) is 19.7. The summed E-state index contributed by atoms with van der Waals surface area (Å²) in [6.45, 7) is 41.7. The van der Waals surface area contributed by atoms with Crippen LogP contribution < -0.4 is 20.6 Å². The Morgan fingerprint density at radius 1 is 0.507 bits per heavy atom. The molecule has 1 saturated carbocycles. The molecule has 2 nitrogen and oxygen atoms in total. The van der Waals surface area contributed by atoms with Crippen LogP contribution in [0.3, 0.4) is 0 Å². The number of rotatable bonds is 2. The summed E-state index contributed by atoms with van der Waals surface area (Å²) in [6.07, 6.45) is 7.34. The number of hydrogen-bond donors (Lipinski definition) is 0. The average Bonchev–Trinajstić information content (AvgIpc) is 3.63. The monoisotopic (exact) mass is 909 g/mol. The lowest BCUT2D eigenvalue weighted by Crippen LogP contribution is -2.65. The van der Waals surface area contributed by atoms with Crippen molar-refractivity contribution >= 4 is 40.5 Å². The van der Waals surface area contributed by atoms with Crippen LogP contribution in [0.15, 0.2) is 84.9 Å². The number of nitrogens with zero attached hydrogens (tertiary/aromatic N) is 2. The molecule has 12 rings (SSSR count). The summed E-state index contributed by atoms with van der Waals surface area (Å²) in [5.74, 6) is 0. The van der Waals surface area contributed by atoms with E-state index in [0.717, 1.165) is 0 Å². The molecule has 0 bridgehead atoms. The van der Waals surface area contributed by atoms with Gasteiger partial charge in [-0.3, -0.25) is 0 Å². The lowest BCUT2D eigenvalue weighted by atomic mass is 9.42. The van der Waals surface area contributed by atoms with Crippen LogP contribution in [0.4, 0.5) is 22.7 Å². The van der Waals surface area contributed by atoms with E-state index in [0.29, 0.717) is 0 Å². The minimum absolute atomic E-state index is 0.000933. The minimum Gasteiger partial charge on any atom is -0.376 e. The van der Waals surface area contributed by atoms with E-state index in [1.165, 1.54) is 145 Å². The smallest absolute Gasteiger partial charge is 0.333 e. The highest BCUT2D eigenvalue weighted by atomic mass is 15.3. The van der Waals surface area contributed by atoms with Crippen molar-refractivity contribution in [1.29, 1.82) is 0 Å². The van der Waals surface area contributed by atoms with Crippen LogP contribution in [0.2, 0.25) is 0 Å². The van der Waals surface area contributed by atoms with Gasteiger partial charge in [0.05, 0.1) is 5.54 Å². The van der Waals surface area contributed by atoms with E-state index in [4.69, 9.17) is 0 Å². The first-order valence-electron chi connectivity index (χ1n) is 26.7. The maximum atomic E-state index is 2.95. The summed E-state index contributed by atoms with van der Waals surface area (Å²) in [5.41, 5.74) is 31.4. The molecule has 0 spiro atoms. The highest BCUT2D eigenvalue weighted by molar-refractivity contribution is 6.93. The number of aryl methyl sites for hydroxylation is 3. The van der Waals surface area contributed by atoms with Gasteiger partial charge in [0.15, 0.2) is 0 Å². The van der Waals surface area contributed by atoms with Gasteiger partial charge in [-0.2, -0.15) is 0 Å². The standard InChI is InChI=1S/C66H77BN2/c1-38-21-20-22-39(2)55(38)41-32-46-56-53(26-24-44-45-36-48-49(37-47(45)64(14,15)57(44)56)63(12,13)30-29-62(48,10)11)69(52-25-23-42(31-40(52)3)60(4,5)6)67-51-35-43(61(7,8)9)34-50-59(51)68(54(33-41)58(46)67)66(17)28-19-18-27-65(50,66)16/h20-26,31-37H,18-19,27-30H2,1-17H3. The summed E-state index contributed by atoms with van der Waals surface area (Å²) in [6, 6.07) is 35.4. The zero-order chi connectivity index (χ0) is 49.1. The fourth-order valence-corrected chi connectivity index (χ4v) is 15.3. The first kappa shape index (κ1) is 45.1. The van der Waals surface area contributed by atoms with Gasteiger partial charge in [-0.05, 0) is 200 Å². The molecule has 3 heteroatoms. The zero-order valence-electron chi connectivity index (χ0n) is 45.3. The lowest BCUT2D eigenvalue weighted by molar-refractivity contribution is 0.195. The van der Waals surface area contributed by atoms with Crippen molar-refractivity contribution in [3.8, 4) is 33.4 Å². The Hall–Kier alpha value is -5.02. The largest absolute Gasteiger partial charge is 0.376 e. The molecule has 2 unspecified atom stereocenters. The summed E-state index contributed by atoms with van der Waals surface area (Å²) < 4.78 is 0. The van der Waals surface area contributed by atoms with E-state index in [1.807, 2.05) is 0 Å². The second-order valence-corrected chi connectivity index (χ2v) is 27.3. The normalized spacial score (nSPS) is 22.9. The maximum Gasteiger partial charge on any atom is 0.333 e. The van der Waals surface area contributed by atoms with Gasteiger partial charge in [-0.15, -0.1) is 0 Å². The van der Waals surface area contributed by atoms with E-state index in [2.05, 4.69) is 212 Å². The van der Waals surface area contributed by atoms with Gasteiger partial charge in [0, 0.05) is 39.1 Å². The molecule has 2 atom stereocenters. The molecule has 0 N–H and O–H groups in total. The molecule has 0 radical (unpaired) electrons. The quantitative estimate of drug-likeness (QED) is 0.160. The van der Waals surface area contributed by atoms with Crippen LogP contribution in [-0.2, 0) is 32.5 Å². The van der Waals surface area contributed by atoms with Crippen molar-refractivity contribution in [2.75, 3.05) is 9.71 Å². The van der Waals surface area contributed by atoms with Gasteiger partial charge >= 0.3 is 6.85 Å². The molecular formula is C66H77BN2. The zero-order valence-corrected chi connectivity index (χ0v) is 45.3. The van der Waals surface area contributed by atoms with Crippen LogP contribution in [0.5, 0.6) is 0 Å². The van der Waals surface area contributed by atoms with Crippen LogP contribution in [0.1, 0.15) is 191 Å². The SMILES string of the molecule is Cc1cc(C(C)(C)C)ccc1N1B2c3cc(C(C)(C)C)cc4c3N(c3cc(-c5c(C)cccc5C)cc(c32)-c2c1ccc1c2C(C)(C)c2cc3c(cc2-1)C(C)(C)CCC3(C)C)C1(C)CCCCC41C. The summed E-state index contributed by atoms with van der Waals surface area (Å²) in [7, 11) is 0. The van der Waals surface area contributed by atoms with Crippen molar-refractivity contribution in [1.82, 2.24) is 0 Å². The van der Waals surface area contributed by atoms with Crippen LogP contribution >= 0.6 is 0 Å². The fraction of sp³-hybridized carbons (Fsp3) is 0.455. The van der Waals surface area contributed by atoms with Gasteiger partial charge in [0.25, 0.3) is 0 Å². The van der Waals surface area contributed by atoms with Gasteiger partial charge in [-0.25, -0.2) is 0 Å². The molecule has 354 valence electrons. The van der Waals surface area contributed by atoms with Gasteiger partial charge < -0.3 is 9.71 Å². The van der Waals surface area contributed by atoms with Crippen molar-refractivity contribution in [3.63, 3.8) is 0 Å². The molecule has 0 saturated heterocycles. The van der Waals surface area contributed by atoms with Crippen molar-refractivity contribution in [2.45, 2.75) is 194 Å². The van der Waals surface area contributed by atoms with E-state index in [1.54, 1.807) is 16.7 Å². The van der Waals surface area contributed by atoms with Gasteiger partial charge in [-0.1, -0.05) is 157 Å². The molecule has 6 aromatic rings. The number of hydrogen-bond acceptors (Lipinski definition) is 2. The molecule has 0 amide bonds. The second-order valence-electron chi connectivity index (χ2n) is 27.3. The van der Waals surface area contributed by atoms with E-state index < -0.39 is 0 Å². The maximum absolute atomic E-state index is 2.95. The number of fused-ring (bicyclic) bond motifs is 12. The molecule has 0 aromatic heterocycles. The van der Waals surface area contributed by atoms with E-state index >= 15 is 0 Å². The number of anilines is 4. The van der Waals surface area contributed by atoms with Crippen LogP contribution in [-0.4, -0.2) is 12.4 Å². The summed E-state index contributed by atoms with van der Waals surface area (Å²) in [4.78, 5) is 5.81. The highest BCUT2D eigenvalue weighted by Crippen LogP contribution is 2.65. The fourth-order valence-electron chi connectivity index (χ4n) is 15.3. The molecule has 1 fully saturated rings. The first-order valence-corrected chi connectivity index (χ1v) is 26.7. The Bertz CT molecular complexity index is 3230. The Kier molecular flexibility index (Phi) is 9.09. The van der Waals surface area contributed by atoms with Gasteiger partial charge in [0.2, 0.25) is 0 Å². The third-order valence-corrected chi connectivity index (χ3v) is 19.7. The Morgan fingerprint density at radius 3 is 1.80 bits per heavy atom. The molecule has 6 aromatic carbocycles.